The molecule has 6 heteroatoms. The molecule has 0 bridgehead atoms. The summed E-state index contributed by atoms with van der Waals surface area (Å²) in [6.45, 7) is 3.56. The SMILES string of the molecule is N#CCCN1CCCC(C(=O)N2CCC(C(=O)O)CC2)C1. The Balaban J connectivity index is 1.83. The molecule has 2 saturated heterocycles. The molecule has 1 atom stereocenters. The number of carboxylic acid groups (broad SMARTS) is 1. The number of carboxylic acids is 1. The molecule has 2 aliphatic heterocycles. The minimum Gasteiger partial charge on any atom is -0.481 e. The average Bonchev–Trinajstić information content (AvgIpc) is 2.52. The molecule has 0 spiro atoms. The number of hydrogen-bond donors (Lipinski definition) is 1. The highest BCUT2D eigenvalue weighted by Crippen LogP contribution is 2.23. The molecule has 2 heterocycles. The van der Waals surface area contributed by atoms with Crippen LogP contribution in [-0.4, -0.2) is 59.5 Å². The summed E-state index contributed by atoms with van der Waals surface area (Å²) < 4.78 is 0. The molecule has 2 fully saturated rings. The van der Waals surface area contributed by atoms with E-state index >= 15 is 0 Å². The summed E-state index contributed by atoms with van der Waals surface area (Å²) in [7, 11) is 0. The van der Waals surface area contributed by atoms with Crippen molar-refractivity contribution < 1.29 is 14.7 Å². The van der Waals surface area contributed by atoms with Gasteiger partial charge in [-0.05, 0) is 32.2 Å². The van der Waals surface area contributed by atoms with Crippen molar-refractivity contribution in [1.29, 1.82) is 5.26 Å². The molecule has 0 saturated carbocycles. The topological polar surface area (TPSA) is 84.6 Å². The van der Waals surface area contributed by atoms with Gasteiger partial charge in [-0.15, -0.1) is 0 Å². The molecule has 2 rings (SSSR count). The van der Waals surface area contributed by atoms with Crippen molar-refractivity contribution in [3.63, 3.8) is 0 Å². The van der Waals surface area contributed by atoms with Gasteiger partial charge in [0.05, 0.1) is 17.9 Å². The number of nitrogens with zero attached hydrogens (tertiary/aromatic N) is 3. The van der Waals surface area contributed by atoms with Crippen LogP contribution in [0.4, 0.5) is 0 Å². The van der Waals surface area contributed by atoms with Crippen LogP contribution in [0.2, 0.25) is 0 Å². The number of aliphatic carboxylic acids is 1. The normalized spacial score (nSPS) is 24.5. The zero-order valence-electron chi connectivity index (χ0n) is 12.3. The minimum absolute atomic E-state index is 0.0128. The van der Waals surface area contributed by atoms with E-state index in [1.807, 2.05) is 4.90 Å². The van der Waals surface area contributed by atoms with Crippen molar-refractivity contribution in [2.24, 2.45) is 11.8 Å². The Morgan fingerprint density at radius 1 is 1.14 bits per heavy atom. The molecule has 6 nitrogen and oxygen atoms in total. The first-order valence-electron chi connectivity index (χ1n) is 7.72. The van der Waals surface area contributed by atoms with Gasteiger partial charge in [-0.1, -0.05) is 0 Å². The van der Waals surface area contributed by atoms with E-state index in [0.717, 1.165) is 32.5 Å². The van der Waals surface area contributed by atoms with Gasteiger partial charge in [0.15, 0.2) is 0 Å². The van der Waals surface area contributed by atoms with Gasteiger partial charge in [-0.25, -0.2) is 0 Å². The monoisotopic (exact) mass is 293 g/mol. The summed E-state index contributed by atoms with van der Waals surface area (Å²) in [5.74, 6) is -0.866. The largest absolute Gasteiger partial charge is 0.481 e. The summed E-state index contributed by atoms with van der Waals surface area (Å²) in [5.41, 5.74) is 0. The van der Waals surface area contributed by atoms with Crippen molar-refractivity contribution in [2.75, 3.05) is 32.7 Å². The van der Waals surface area contributed by atoms with Gasteiger partial charge in [-0.2, -0.15) is 5.26 Å². The van der Waals surface area contributed by atoms with Gasteiger partial charge in [-0.3, -0.25) is 9.59 Å². The number of hydrogen-bond acceptors (Lipinski definition) is 4. The standard InChI is InChI=1S/C15H23N3O3/c16-6-2-8-17-7-1-3-13(11-17)14(19)18-9-4-12(5-10-18)15(20)21/h12-13H,1-5,7-11H2,(H,20,21). The Labute approximate surface area is 125 Å². The predicted octanol–water partition coefficient (Wildman–Crippen LogP) is 0.935. The van der Waals surface area contributed by atoms with Crippen molar-refractivity contribution in [1.82, 2.24) is 9.80 Å². The molecule has 1 N–H and O–H groups in total. The molecular formula is C15H23N3O3. The summed E-state index contributed by atoms with van der Waals surface area (Å²) >= 11 is 0. The molecule has 0 aromatic rings. The minimum atomic E-state index is -0.748. The van der Waals surface area contributed by atoms with E-state index < -0.39 is 5.97 Å². The number of rotatable bonds is 4. The summed E-state index contributed by atoms with van der Waals surface area (Å²) in [5, 5.41) is 17.6. The van der Waals surface area contributed by atoms with Crippen LogP contribution in [0.25, 0.3) is 0 Å². The number of likely N-dealkylation sites (tertiary alicyclic amines) is 2. The van der Waals surface area contributed by atoms with E-state index in [1.54, 1.807) is 0 Å². The molecular weight excluding hydrogens is 270 g/mol. The Morgan fingerprint density at radius 2 is 1.86 bits per heavy atom. The fraction of sp³-hybridized carbons (Fsp3) is 0.800. The number of piperidine rings is 2. The first-order valence-corrected chi connectivity index (χ1v) is 7.72. The number of carbonyl (C=O) groups is 2. The van der Waals surface area contributed by atoms with E-state index in [1.165, 1.54) is 0 Å². The lowest BCUT2D eigenvalue weighted by Gasteiger charge is -2.37. The lowest BCUT2D eigenvalue weighted by Crippen LogP contribution is -2.48. The smallest absolute Gasteiger partial charge is 0.306 e. The van der Waals surface area contributed by atoms with Gasteiger partial charge in [0.25, 0.3) is 0 Å². The van der Waals surface area contributed by atoms with Crippen molar-refractivity contribution in [3.8, 4) is 6.07 Å². The van der Waals surface area contributed by atoms with Crippen LogP contribution in [0.15, 0.2) is 0 Å². The van der Waals surface area contributed by atoms with Crippen molar-refractivity contribution in [2.45, 2.75) is 32.1 Å². The van der Waals surface area contributed by atoms with E-state index in [4.69, 9.17) is 10.4 Å². The average molecular weight is 293 g/mol. The van der Waals surface area contributed by atoms with Gasteiger partial charge in [0.2, 0.25) is 5.91 Å². The van der Waals surface area contributed by atoms with Crippen molar-refractivity contribution in [3.05, 3.63) is 0 Å². The van der Waals surface area contributed by atoms with Gasteiger partial charge < -0.3 is 14.9 Å². The maximum Gasteiger partial charge on any atom is 0.306 e. The van der Waals surface area contributed by atoms with Crippen LogP contribution in [0.3, 0.4) is 0 Å². The van der Waals surface area contributed by atoms with Crippen LogP contribution in [0.5, 0.6) is 0 Å². The first kappa shape index (κ1) is 15.8. The zero-order chi connectivity index (χ0) is 15.2. The predicted molar refractivity (Wildman–Crippen MR) is 76.3 cm³/mol. The highest BCUT2D eigenvalue weighted by Gasteiger charge is 2.32. The lowest BCUT2D eigenvalue weighted by atomic mass is 9.93. The molecule has 1 amide bonds. The van der Waals surface area contributed by atoms with Gasteiger partial charge >= 0.3 is 5.97 Å². The van der Waals surface area contributed by atoms with Gasteiger partial charge in [0.1, 0.15) is 0 Å². The molecule has 1 unspecified atom stereocenters. The second-order valence-corrected chi connectivity index (χ2v) is 5.99. The quantitative estimate of drug-likeness (QED) is 0.833. The van der Waals surface area contributed by atoms with E-state index in [2.05, 4.69) is 11.0 Å². The number of amides is 1. The number of carbonyl (C=O) groups excluding carboxylic acids is 1. The van der Waals surface area contributed by atoms with Crippen molar-refractivity contribution >= 4 is 11.9 Å². The fourth-order valence-electron chi connectivity index (χ4n) is 3.27. The Hall–Kier alpha value is -1.61. The Kier molecular flexibility index (Phi) is 5.57. The molecule has 0 aliphatic carbocycles. The van der Waals surface area contributed by atoms with E-state index in [9.17, 15) is 9.59 Å². The second-order valence-electron chi connectivity index (χ2n) is 5.99. The number of nitriles is 1. The zero-order valence-corrected chi connectivity index (χ0v) is 12.3. The third-order valence-corrected chi connectivity index (χ3v) is 4.55. The maximum absolute atomic E-state index is 12.5. The Bertz CT molecular complexity index is 424. The van der Waals surface area contributed by atoms with E-state index in [0.29, 0.717) is 32.4 Å². The molecule has 2 aliphatic rings. The Morgan fingerprint density at radius 3 is 2.48 bits per heavy atom. The van der Waals surface area contributed by atoms with Gasteiger partial charge in [0, 0.05) is 32.6 Å². The lowest BCUT2D eigenvalue weighted by molar-refractivity contribution is -0.147. The van der Waals surface area contributed by atoms with Crippen LogP contribution < -0.4 is 0 Å². The third-order valence-electron chi connectivity index (χ3n) is 4.55. The van der Waals surface area contributed by atoms with Crippen LogP contribution >= 0.6 is 0 Å². The fourth-order valence-corrected chi connectivity index (χ4v) is 3.27. The summed E-state index contributed by atoms with van der Waals surface area (Å²) in [4.78, 5) is 27.5. The summed E-state index contributed by atoms with van der Waals surface area (Å²) in [6, 6.07) is 2.15. The van der Waals surface area contributed by atoms with E-state index in [-0.39, 0.29) is 17.7 Å². The summed E-state index contributed by atoms with van der Waals surface area (Å²) in [6.07, 6.45) is 3.52. The van der Waals surface area contributed by atoms with Crippen LogP contribution in [0, 0.1) is 23.2 Å². The highest BCUT2D eigenvalue weighted by molar-refractivity contribution is 5.79. The van der Waals surface area contributed by atoms with Crippen LogP contribution in [-0.2, 0) is 9.59 Å². The molecule has 21 heavy (non-hydrogen) atoms. The molecule has 0 aromatic heterocycles. The highest BCUT2D eigenvalue weighted by atomic mass is 16.4. The van der Waals surface area contributed by atoms with Crippen LogP contribution in [0.1, 0.15) is 32.1 Å². The maximum atomic E-state index is 12.5. The first-order chi connectivity index (χ1) is 10.1. The second kappa shape index (κ2) is 7.41. The molecule has 0 radical (unpaired) electrons. The molecule has 0 aromatic carbocycles. The third kappa shape index (κ3) is 4.18. The molecule has 116 valence electrons.